The monoisotopic (exact) mass is 215 g/mol. The van der Waals surface area contributed by atoms with Crippen molar-refractivity contribution in [3.63, 3.8) is 0 Å². The molecule has 0 aliphatic heterocycles. The second-order valence-corrected chi connectivity index (χ2v) is 3.65. The van der Waals surface area contributed by atoms with Crippen LogP contribution in [0.1, 0.15) is 25.1 Å². The predicted octanol–water partition coefficient (Wildman–Crippen LogP) is 3.81. The van der Waals surface area contributed by atoms with Crippen molar-refractivity contribution >= 4 is 5.57 Å². The quantitative estimate of drug-likeness (QED) is 0.614. The summed E-state index contributed by atoms with van der Waals surface area (Å²) in [5.41, 5.74) is 3.85. The number of aromatic nitrogens is 1. The normalized spacial score (nSPS) is 12.7. The molecular formula is C14H17NO. The van der Waals surface area contributed by atoms with Gasteiger partial charge in [-0.25, -0.2) is 0 Å². The molecule has 0 aromatic carbocycles. The third-order valence-electron chi connectivity index (χ3n) is 2.46. The van der Waals surface area contributed by atoms with Gasteiger partial charge in [-0.1, -0.05) is 18.7 Å². The first-order valence-electron chi connectivity index (χ1n) is 5.21. The minimum atomic E-state index is 0.0980. The lowest BCUT2D eigenvalue weighted by atomic mass is 10.0. The predicted molar refractivity (Wildman–Crippen MR) is 68.2 cm³/mol. The number of aliphatic hydroxyl groups excluding tert-OH is 1. The summed E-state index contributed by atoms with van der Waals surface area (Å²) in [6.45, 7) is 9.27. The topological polar surface area (TPSA) is 33.1 Å². The highest BCUT2D eigenvalue weighted by Crippen LogP contribution is 2.21. The smallest absolute Gasteiger partial charge is 0.111 e. The number of hydrogen-bond acceptors (Lipinski definition) is 2. The molecule has 0 bridgehead atoms. The molecule has 0 radical (unpaired) electrons. The second-order valence-electron chi connectivity index (χ2n) is 3.65. The Morgan fingerprint density at radius 3 is 2.69 bits per heavy atom. The number of aryl methyl sites for hydroxylation is 1. The van der Waals surface area contributed by atoms with Gasteiger partial charge in [-0.2, -0.15) is 0 Å². The van der Waals surface area contributed by atoms with Crippen molar-refractivity contribution in [2.45, 2.75) is 20.8 Å². The summed E-state index contributed by atoms with van der Waals surface area (Å²) in [5, 5.41) is 9.28. The van der Waals surface area contributed by atoms with Gasteiger partial charge >= 0.3 is 0 Å². The van der Waals surface area contributed by atoms with Crippen LogP contribution in [0.5, 0.6) is 0 Å². The zero-order valence-electron chi connectivity index (χ0n) is 9.99. The van der Waals surface area contributed by atoms with Crippen LogP contribution in [0.4, 0.5) is 0 Å². The van der Waals surface area contributed by atoms with Crippen LogP contribution < -0.4 is 0 Å². The van der Waals surface area contributed by atoms with Crippen molar-refractivity contribution in [2.24, 2.45) is 0 Å². The lowest BCUT2D eigenvalue weighted by Gasteiger charge is -2.07. The molecular weight excluding hydrogens is 198 g/mol. The summed E-state index contributed by atoms with van der Waals surface area (Å²) in [4.78, 5) is 4.25. The van der Waals surface area contributed by atoms with Crippen molar-refractivity contribution in [3.8, 4) is 0 Å². The Kier molecular flexibility index (Phi) is 4.06. The zero-order valence-corrected chi connectivity index (χ0v) is 9.99. The van der Waals surface area contributed by atoms with Crippen LogP contribution in [0.2, 0.25) is 0 Å². The van der Waals surface area contributed by atoms with Crippen LogP contribution in [0.3, 0.4) is 0 Å². The van der Waals surface area contributed by atoms with E-state index in [1.54, 1.807) is 6.20 Å². The Morgan fingerprint density at radius 1 is 1.50 bits per heavy atom. The lowest BCUT2D eigenvalue weighted by molar-refractivity contribution is 0.426. The van der Waals surface area contributed by atoms with Crippen LogP contribution in [0, 0.1) is 6.92 Å². The summed E-state index contributed by atoms with van der Waals surface area (Å²) in [7, 11) is 0. The third kappa shape index (κ3) is 2.83. The molecule has 0 fully saturated rings. The fourth-order valence-corrected chi connectivity index (χ4v) is 1.42. The number of hydrogen-bond donors (Lipinski definition) is 1. The molecule has 1 aromatic heterocycles. The highest BCUT2D eigenvalue weighted by molar-refractivity contribution is 5.76. The average Bonchev–Trinajstić information content (AvgIpc) is 2.26. The van der Waals surface area contributed by atoms with E-state index in [1.165, 1.54) is 0 Å². The Hall–Kier alpha value is -1.83. The lowest BCUT2D eigenvalue weighted by Crippen LogP contribution is -1.91. The number of nitrogens with zero attached hydrogens (tertiary/aromatic N) is 1. The third-order valence-corrected chi connectivity index (χ3v) is 2.46. The number of aliphatic hydroxyl groups is 1. The van der Waals surface area contributed by atoms with Crippen molar-refractivity contribution < 1.29 is 5.11 Å². The molecule has 2 nitrogen and oxygen atoms in total. The van der Waals surface area contributed by atoms with Crippen molar-refractivity contribution in [1.82, 2.24) is 4.98 Å². The van der Waals surface area contributed by atoms with Gasteiger partial charge in [-0.15, -0.1) is 0 Å². The van der Waals surface area contributed by atoms with Crippen LogP contribution in [0.15, 0.2) is 48.4 Å². The van der Waals surface area contributed by atoms with E-state index in [2.05, 4.69) is 11.6 Å². The van der Waals surface area contributed by atoms with Gasteiger partial charge in [0.2, 0.25) is 0 Å². The molecule has 0 aliphatic rings. The Balaban J connectivity index is 3.16. The van der Waals surface area contributed by atoms with Gasteiger partial charge in [-0.3, -0.25) is 4.98 Å². The second kappa shape index (κ2) is 5.31. The van der Waals surface area contributed by atoms with E-state index in [1.807, 2.05) is 45.1 Å². The van der Waals surface area contributed by atoms with E-state index in [9.17, 15) is 5.11 Å². The van der Waals surface area contributed by atoms with Crippen molar-refractivity contribution in [3.05, 3.63) is 59.7 Å². The average molecular weight is 215 g/mol. The van der Waals surface area contributed by atoms with Gasteiger partial charge in [0.15, 0.2) is 0 Å². The van der Waals surface area contributed by atoms with Crippen molar-refractivity contribution in [2.75, 3.05) is 0 Å². The molecule has 1 N–H and O–H groups in total. The fraction of sp³-hybridized carbons (Fsp3) is 0.214. The van der Waals surface area contributed by atoms with Crippen LogP contribution in [0.25, 0.3) is 5.57 Å². The first-order chi connectivity index (χ1) is 7.56. The molecule has 0 spiro atoms. The molecule has 1 rings (SSSR count). The van der Waals surface area contributed by atoms with Gasteiger partial charge in [0, 0.05) is 17.5 Å². The Bertz CT molecular complexity index is 456. The molecule has 84 valence electrons. The summed E-state index contributed by atoms with van der Waals surface area (Å²) in [6, 6.07) is 3.92. The standard InChI is InChI=1S/C14H17NO/c1-5-13(9-10(2)12(4)16)14-7-6-8-15-11(14)3/h5-9,16H,4H2,1-3H3/b10-9+,13-5-. The molecule has 0 amide bonds. The van der Waals surface area contributed by atoms with Gasteiger partial charge in [0.05, 0.1) is 0 Å². The molecule has 1 heterocycles. The fourth-order valence-electron chi connectivity index (χ4n) is 1.42. The molecule has 0 saturated carbocycles. The molecule has 2 heteroatoms. The van der Waals surface area contributed by atoms with E-state index in [-0.39, 0.29) is 5.76 Å². The van der Waals surface area contributed by atoms with Gasteiger partial charge < -0.3 is 5.11 Å². The van der Waals surface area contributed by atoms with E-state index < -0.39 is 0 Å². The van der Waals surface area contributed by atoms with E-state index in [4.69, 9.17) is 0 Å². The minimum absolute atomic E-state index is 0.0980. The van der Waals surface area contributed by atoms with E-state index >= 15 is 0 Å². The number of rotatable bonds is 3. The van der Waals surface area contributed by atoms with E-state index in [0.29, 0.717) is 0 Å². The van der Waals surface area contributed by atoms with Crippen molar-refractivity contribution in [1.29, 1.82) is 0 Å². The largest absolute Gasteiger partial charge is 0.508 e. The molecule has 0 aliphatic carbocycles. The summed E-state index contributed by atoms with van der Waals surface area (Å²) in [5.74, 6) is 0.0980. The van der Waals surface area contributed by atoms with Gasteiger partial charge in [-0.05, 0) is 44.1 Å². The van der Waals surface area contributed by atoms with Crippen LogP contribution in [-0.2, 0) is 0 Å². The highest BCUT2D eigenvalue weighted by atomic mass is 16.3. The summed E-state index contributed by atoms with van der Waals surface area (Å²) < 4.78 is 0. The molecule has 0 atom stereocenters. The number of allylic oxidation sites excluding steroid dienone is 4. The highest BCUT2D eigenvalue weighted by Gasteiger charge is 2.03. The molecule has 0 unspecified atom stereocenters. The maximum Gasteiger partial charge on any atom is 0.111 e. The van der Waals surface area contributed by atoms with Gasteiger partial charge in [0.25, 0.3) is 0 Å². The maximum absolute atomic E-state index is 9.28. The Labute approximate surface area is 96.7 Å². The van der Waals surface area contributed by atoms with Crippen LogP contribution >= 0.6 is 0 Å². The molecule has 0 saturated heterocycles. The summed E-state index contributed by atoms with van der Waals surface area (Å²) >= 11 is 0. The maximum atomic E-state index is 9.28. The minimum Gasteiger partial charge on any atom is -0.508 e. The van der Waals surface area contributed by atoms with Crippen LogP contribution in [-0.4, -0.2) is 10.1 Å². The first kappa shape index (κ1) is 12.2. The molecule has 1 aromatic rings. The summed E-state index contributed by atoms with van der Waals surface area (Å²) in [6.07, 6.45) is 5.68. The molecule has 16 heavy (non-hydrogen) atoms. The zero-order chi connectivity index (χ0) is 12.1. The SMILES string of the molecule is C=C(O)/C(C)=C/C(=C/C)c1cccnc1C. The van der Waals surface area contributed by atoms with E-state index in [0.717, 1.165) is 22.4 Å². The first-order valence-corrected chi connectivity index (χ1v) is 5.21. The number of pyridine rings is 1. The van der Waals surface area contributed by atoms with Gasteiger partial charge in [0.1, 0.15) is 5.76 Å². The Morgan fingerprint density at radius 2 is 2.19 bits per heavy atom.